The molecule has 0 N–H and O–H groups in total. The Balaban J connectivity index is 1.23. The van der Waals surface area contributed by atoms with Gasteiger partial charge in [0.05, 0.1) is 12.2 Å². The first-order valence-electron chi connectivity index (χ1n) is 9.52. The normalized spacial score (nSPS) is 15.3. The van der Waals surface area contributed by atoms with Crippen LogP contribution in [0.4, 0.5) is 0 Å². The number of ether oxygens (including phenoxy) is 2. The van der Waals surface area contributed by atoms with Crippen LogP contribution in [0.5, 0.6) is 11.5 Å². The van der Waals surface area contributed by atoms with Crippen molar-refractivity contribution >= 4 is 11.8 Å². The lowest BCUT2D eigenvalue weighted by Gasteiger charge is -2.25. The maximum atomic E-state index is 6.04. The average molecular weight is 421 g/mol. The second-order valence-corrected chi connectivity index (χ2v) is 7.75. The Kier molecular flexibility index (Phi) is 5.10. The predicted octanol–water partition coefficient (Wildman–Crippen LogP) is 3.59. The van der Waals surface area contributed by atoms with E-state index in [0.717, 1.165) is 16.5 Å². The van der Waals surface area contributed by atoms with Gasteiger partial charge < -0.3 is 18.5 Å². The Hall–Kier alpha value is -3.33. The molecule has 30 heavy (non-hydrogen) atoms. The summed E-state index contributed by atoms with van der Waals surface area (Å²) in [5.41, 5.74) is 1.13. The molecule has 0 spiro atoms. The van der Waals surface area contributed by atoms with Crippen LogP contribution in [0.15, 0.2) is 64.2 Å². The molecular weight excluding hydrogens is 402 g/mol. The van der Waals surface area contributed by atoms with Gasteiger partial charge in [0, 0.05) is 7.05 Å². The molecule has 0 bridgehead atoms. The number of para-hydroxylation sites is 2. The highest BCUT2D eigenvalue weighted by molar-refractivity contribution is 7.98. The minimum atomic E-state index is -0.312. The maximum Gasteiger partial charge on any atom is 0.226 e. The van der Waals surface area contributed by atoms with Crippen LogP contribution in [0.1, 0.15) is 29.3 Å². The smallest absolute Gasteiger partial charge is 0.226 e. The number of benzene rings is 2. The van der Waals surface area contributed by atoms with Crippen LogP contribution in [0, 0.1) is 0 Å². The molecule has 2 aromatic carbocycles. The van der Waals surface area contributed by atoms with E-state index < -0.39 is 0 Å². The van der Waals surface area contributed by atoms with Crippen LogP contribution in [-0.2, 0) is 19.2 Å². The van der Waals surface area contributed by atoms with Crippen molar-refractivity contribution in [1.29, 1.82) is 0 Å². The quantitative estimate of drug-likeness (QED) is 0.437. The topological polar surface area (TPSA) is 88.1 Å². The molecule has 2 aromatic heterocycles. The van der Waals surface area contributed by atoms with Gasteiger partial charge in [-0.05, 0) is 17.7 Å². The number of hydrogen-bond acceptors (Lipinski definition) is 8. The molecule has 1 unspecified atom stereocenters. The summed E-state index contributed by atoms with van der Waals surface area (Å²) in [6, 6.07) is 17.7. The zero-order valence-corrected chi connectivity index (χ0v) is 17.1. The molecule has 1 aliphatic rings. The molecule has 5 rings (SSSR count). The summed E-state index contributed by atoms with van der Waals surface area (Å²) < 4.78 is 19.5. The highest BCUT2D eigenvalue weighted by atomic mass is 32.2. The van der Waals surface area contributed by atoms with E-state index in [4.69, 9.17) is 13.9 Å². The van der Waals surface area contributed by atoms with Gasteiger partial charge in [0.25, 0.3) is 0 Å². The van der Waals surface area contributed by atoms with E-state index in [-0.39, 0.29) is 6.10 Å². The van der Waals surface area contributed by atoms with Crippen LogP contribution in [-0.4, -0.2) is 31.6 Å². The highest BCUT2D eigenvalue weighted by Crippen LogP contribution is 2.36. The molecule has 8 nitrogen and oxygen atoms in total. The average Bonchev–Trinajstić information content (AvgIpc) is 3.38. The number of fused-ring (bicyclic) bond motifs is 1. The minimum Gasteiger partial charge on any atom is -0.485 e. The van der Waals surface area contributed by atoms with Gasteiger partial charge >= 0.3 is 0 Å². The van der Waals surface area contributed by atoms with Crippen LogP contribution >= 0.6 is 11.8 Å². The third-order valence-electron chi connectivity index (χ3n) is 4.70. The summed E-state index contributed by atoms with van der Waals surface area (Å²) in [7, 11) is 1.91. The Morgan fingerprint density at radius 1 is 0.933 bits per heavy atom. The molecule has 4 aromatic rings. The first-order valence-corrected chi connectivity index (χ1v) is 10.5. The first kappa shape index (κ1) is 18.7. The standard InChI is InChI=1S/C21H19N5O3S/c1-26-20(17-12-27-15-9-5-6-10-16(15)28-17)24-25-21(26)30-13-19-23-22-18(29-19)11-14-7-3-2-4-8-14/h2-10,17H,11-13H2,1H3. The van der Waals surface area contributed by atoms with Gasteiger partial charge in [0.2, 0.25) is 11.8 Å². The van der Waals surface area contributed by atoms with Crippen LogP contribution in [0.25, 0.3) is 0 Å². The van der Waals surface area contributed by atoms with E-state index in [1.54, 1.807) is 0 Å². The van der Waals surface area contributed by atoms with Gasteiger partial charge in [0.1, 0.15) is 6.61 Å². The molecule has 1 atom stereocenters. The molecule has 0 amide bonds. The molecule has 9 heteroatoms. The largest absolute Gasteiger partial charge is 0.485 e. The van der Waals surface area contributed by atoms with E-state index >= 15 is 0 Å². The molecule has 0 saturated heterocycles. The summed E-state index contributed by atoms with van der Waals surface area (Å²) >= 11 is 1.49. The van der Waals surface area contributed by atoms with E-state index in [0.29, 0.717) is 42.1 Å². The molecule has 0 saturated carbocycles. The van der Waals surface area contributed by atoms with Crippen molar-refractivity contribution in [1.82, 2.24) is 25.0 Å². The molecule has 1 aliphatic heterocycles. The molecule has 0 aliphatic carbocycles. The van der Waals surface area contributed by atoms with Crippen LogP contribution < -0.4 is 9.47 Å². The summed E-state index contributed by atoms with van der Waals surface area (Å²) in [5.74, 6) is 3.83. The number of nitrogens with zero attached hydrogens (tertiary/aromatic N) is 5. The third kappa shape index (κ3) is 3.88. The molecule has 0 radical (unpaired) electrons. The van der Waals surface area contributed by atoms with Crippen molar-refractivity contribution in [3.63, 3.8) is 0 Å². The van der Waals surface area contributed by atoms with Crippen molar-refractivity contribution in [3.8, 4) is 11.5 Å². The van der Waals surface area contributed by atoms with Crippen LogP contribution in [0.3, 0.4) is 0 Å². The van der Waals surface area contributed by atoms with E-state index in [9.17, 15) is 0 Å². The minimum absolute atomic E-state index is 0.312. The lowest BCUT2D eigenvalue weighted by Crippen LogP contribution is -2.24. The SMILES string of the molecule is Cn1c(SCc2nnc(Cc3ccccc3)o2)nnc1C1COc2ccccc2O1. The predicted molar refractivity (Wildman–Crippen MR) is 109 cm³/mol. The molecule has 0 fully saturated rings. The Labute approximate surface area is 177 Å². The van der Waals surface area contributed by atoms with Crippen molar-refractivity contribution < 1.29 is 13.9 Å². The summed E-state index contributed by atoms with van der Waals surface area (Å²) in [4.78, 5) is 0. The van der Waals surface area contributed by atoms with Crippen molar-refractivity contribution in [3.05, 3.63) is 77.8 Å². The molecular formula is C21H19N5O3S. The van der Waals surface area contributed by atoms with Gasteiger partial charge in [0.15, 0.2) is 28.6 Å². The van der Waals surface area contributed by atoms with Crippen molar-refractivity contribution in [2.75, 3.05) is 6.61 Å². The number of hydrogen-bond donors (Lipinski definition) is 0. The van der Waals surface area contributed by atoms with E-state index in [1.807, 2.05) is 66.2 Å². The summed E-state index contributed by atoms with van der Waals surface area (Å²) in [6.07, 6.45) is 0.306. The Morgan fingerprint density at radius 2 is 1.70 bits per heavy atom. The number of rotatable bonds is 6. The van der Waals surface area contributed by atoms with Gasteiger partial charge in [-0.25, -0.2) is 0 Å². The van der Waals surface area contributed by atoms with Gasteiger partial charge in [-0.2, -0.15) is 0 Å². The molecule has 3 heterocycles. The monoisotopic (exact) mass is 421 g/mol. The van der Waals surface area contributed by atoms with Crippen LogP contribution in [0.2, 0.25) is 0 Å². The zero-order valence-electron chi connectivity index (χ0n) is 16.3. The van der Waals surface area contributed by atoms with Crippen molar-refractivity contribution in [2.24, 2.45) is 7.05 Å². The zero-order chi connectivity index (χ0) is 20.3. The van der Waals surface area contributed by atoms with Gasteiger partial charge in [-0.3, -0.25) is 0 Å². The van der Waals surface area contributed by atoms with Gasteiger partial charge in [-0.1, -0.05) is 54.2 Å². The summed E-state index contributed by atoms with van der Waals surface area (Å²) in [5, 5.41) is 17.6. The van der Waals surface area contributed by atoms with Crippen molar-refractivity contribution in [2.45, 2.75) is 23.4 Å². The molecule has 152 valence electrons. The van der Waals surface area contributed by atoms with E-state index in [1.165, 1.54) is 11.8 Å². The second kappa shape index (κ2) is 8.19. The number of aromatic nitrogens is 5. The Bertz CT molecular complexity index is 1140. The third-order valence-corrected chi connectivity index (χ3v) is 5.70. The number of thioether (sulfide) groups is 1. The second-order valence-electron chi connectivity index (χ2n) is 6.80. The lowest BCUT2D eigenvalue weighted by atomic mass is 10.2. The summed E-state index contributed by atoms with van der Waals surface area (Å²) in [6.45, 7) is 0.389. The highest BCUT2D eigenvalue weighted by Gasteiger charge is 2.27. The fourth-order valence-corrected chi connectivity index (χ4v) is 3.95. The fraction of sp³-hybridized carbons (Fsp3) is 0.238. The van der Waals surface area contributed by atoms with Gasteiger partial charge in [-0.15, -0.1) is 20.4 Å². The Morgan fingerprint density at radius 3 is 2.57 bits per heavy atom. The van der Waals surface area contributed by atoms with E-state index in [2.05, 4.69) is 20.4 Å². The first-order chi connectivity index (χ1) is 14.8. The fourth-order valence-electron chi connectivity index (χ4n) is 3.19. The lowest BCUT2D eigenvalue weighted by molar-refractivity contribution is 0.0825. The maximum absolute atomic E-state index is 6.04.